The molecule has 0 amide bonds. The molecule has 0 bridgehead atoms. The minimum atomic E-state index is -0.760. The topological polar surface area (TPSA) is 107 Å². The fourth-order valence-corrected chi connectivity index (χ4v) is 3.08. The van der Waals surface area contributed by atoms with E-state index < -0.39 is 5.03 Å². The van der Waals surface area contributed by atoms with Crippen molar-refractivity contribution < 1.29 is 5.03 Å². The van der Waals surface area contributed by atoms with Crippen LogP contribution in [-0.2, 0) is 12.3 Å². The number of hydrogen-bond acceptors (Lipinski definition) is 7. The number of thiazole rings is 1. The van der Waals surface area contributed by atoms with E-state index in [1.165, 1.54) is 0 Å². The average molecular weight is 318 g/mol. The summed E-state index contributed by atoms with van der Waals surface area (Å²) in [5.74, 6) is 1.27. The molecule has 1 rings (SSSR count). The molecule has 0 fully saturated rings. The van der Waals surface area contributed by atoms with E-state index in [2.05, 4.69) is 20.6 Å². The van der Waals surface area contributed by atoms with E-state index in [1.54, 1.807) is 28.5 Å². The zero-order valence-corrected chi connectivity index (χ0v) is 13.0. The molecule has 8 nitrogen and oxygen atoms in total. The van der Waals surface area contributed by atoms with Gasteiger partial charge in [-0.2, -0.15) is 11.8 Å². The van der Waals surface area contributed by atoms with Gasteiger partial charge in [-0.3, -0.25) is 5.41 Å². The lowest BCUT2D eigenvalue weighted by Gasteiger charge is -2.05. The molecule has 0 aliphatic carbocycles. The van der Waals surface area contributed by atoms with Gasteiger partial charge in [0.1, 0.15) is 5.01 Å². The predicted octanol–water partition coefficient (Wildman–Crippen LogP) is 0.744. The largest absolute Gasteiger partial charge is 0.351 e. The number of guanidine groups is 1. The van der Waals surface area contributed by atoms with E-state index in [9.17, 15) is 10.1 Å². The van der Waals surface area contributed by atoms with Crippen LogP contribution in [0.1, 0.15) is 10.7 Å². The van der Waals surface area contributed by atoms with Crippen LogP contribution < -0.4 is 10.7 Å². The van der Waals surface area contributed by atoms with Crippen molar-refractivity contribution in [3.8, 4) is 0 Å². The van der Waals surface area contributed by atoms with Gasteiger partial charge in [0.05, 0.1) is 5.69 Å². The Morgan fingerprint density at radius 2 is 2.40 bits per heavy atom. The first kappa shape index (κ1) is 16.7. The van der Waals surface area contributed by atoms with Crippen molar-refractivity contribution >= 4 is 29.1 Å². The molecular formula is C10H18N6O2S2. The summed E-state index contributed by atoms with van der Waals surface area (Å²) in [4.78, 5) is 16.7. The van der Waals surface area contributed by atoms with Crippen LogP contribution in [0.15, 0.2) is 5.38 Å². The summed E-state index contributed by atoms with van der Waals surface area (Å²) in [6, 6.07) is 0. The number of nitrogens with one attached hydrogen (secondary N) is 3. The summed E-state index contributed by atoms with van der Waals surface area (Å²) in [7, 11) is 4.02. The van der Waals surface area contributed by atoms with Gasteiger partial charge >= 0.3 is 0 Å². The van der Waals surface area contributed by atoms with Crippen LogP contribution in [-0.4, -0.2) is 47.3 Å². The van der Waals surface area contributed by atoms with Gasteiger partial charge in [-0.1, -0.05) is 5.43 Å². The third-order valence-electron chi connectivity index (χ3n) is 2.05. The smallest absolute Gasteiger partial charge is 0.251 e. The van der Waals surface area contributed by atoms with Crippen LogP contribution in [0, 0.1) is 15.5 Å². The predicted molar refractivity (Wildman–Crippen MR) is 81.5 cm³/mol. The zero-order valence-electron chi connectivity index (χ0n) is 11.4. The van der Waals surface area contributed by atoms with Crippen LogP contribution in [0.25, 0.3) is 0 Å². The number of hydrazine groups is 1. The molecule has 112 valence electrons. The lowest BCUT2D eigenvalue weighted by molar-refractivity contribution is -0.525. The van der Waals surface area contributed by atoms with Crippen LogP contribution in [0.2, 0.25) is 0 Å². The van der Waals surface area contributed by atoms with Crippen molar-refractivity contribution in [1.29, 1.82) is 5.41 Å². The first-order valence-electron chi connectivity index (χ1n) is 5.86. The van der Waals surface area contributed by atoms with Crippen molar-refractivity contribution in [2.24, 2.45) is 0 Å². The van der Waals surface area contributed by atoms with Gasteiger partial charge in [0.15, 0.2) is 5.03 Å². The van der Waals surface area contributed by atoms with Crippen molar-refractivity contribution in [1.82, 2.24) is 20.6 Å². The van der Waals surface area contributed by atoms with Crippen LogP contribution >= 0.6 is 23.1 Å². The molecule has 20 heavy (non-hydrogen) atoms. The summed E-state index contributed by atoms with van der Waals surface area (Å²) >= 11 is 3.33. The van der Waals surface area contributed by atoms with Gasteiger partial charge in [0, 0.05) is 30.0 Å². The average Bonchev–Trinajstić information content (AvgIpc) is 2.74. The van der Waals surface area contributed by atoms with Gasteiger partial charge in [-0.15, -0.1) is 11.3 Å². The molecule has 0 radical (unpaired) electrons. The second-order valence-electron chi connectivity index (χ2n) is 4.19. The molecule has 0 aliphatic rings. The molecule has 0 aromatic carbocycles. The Bertz CT molecular complexity index is 451. The van der Waals surface area contributed by atoms with Crippen molar-refractivity contribution in [2.75, 3.05) is 26.4 Å². The highest BCUT2D eigenvalue weighted by atomic mass is 32.2. The number of nitrogens with zero attached hydrogens (tertiary/aromatic N) is 3. The molecule has 10 heteroatoms. The standard InChI is InChI=1S/C10H18N6O2S2/c1-15(2)5-9-13-8(7-20-9)6-19-4-3-12-10(11)14-16(17)18/h7H,3-6H2,1-2H3,(H3,11,12,14). The number of aromatic nitrogens is 1. The van der Waals surface area contributed by atoms with E-state index in [0.717, 1.165) is 28.8 Å². The highest BCUT2D eigenvalue weighted by Crippen LogP contribution is 2.16. The van der Waals surface area contributed by atoms with E-state index in [1.807, 2.05) is 14.1 Å². The van der Waals surface area contributed by atoms with E-state index in [4.69, 9.17) is 5.41 Å². The van der Waals surface area contributed by atoms with Gasteiger partial charge in [-0.25, -0.2) is 15.1 Å². The fourth-order valence-electron chi connectivity index (χ4n) is 1.31. The number of thioether (sulfide) groups is 1. The van der Waals surface area contributed by atoms with Gasteiger partial charge in [-0.05, 0) is 14.1 Å². The highest BCUT2D eigenvalue weighted by Gasteiger charge is 2.04. The molecular weight excluding hydrogens is 300 g/mol. The van der Waals surface area contributed by atoms with Crippen molar-refractivity contribution in [3.63, 3.8) is 0 Å². The quantitative estimate of drug-likeness (QED) is 0.213. The number of hydrogen-bond donors (Lipinski definition) is 3. The molecule has 3 N–H and O–H groups in total. The van der Waals surface area contributed by atoms with Gasteiger partial charge in [0.2, 0.25) is 0 Å². The first-order valence-corrected chi connectivity index (χ1v) is 7.90. The Balaban J connectivity index is 2.13. The van der Waals surface area contributed by atoms with Crippen molar-refractivity contribution in [2.45, 2.75) is 12.3 Å². The Hall–Kier alpha value is -1.39. The monoisotopic (exact) mass is 318 g/mol. The maximum atomic E-state index is 10.1. The summed E-state index contributed by atoms with van der Waals surface area (Å²) in [6.45, 7) is 1.35. The SMILES string of the molecule is CN(C)Cc1nc(CSCCNC(=N)N[N+](=O)[O-])cs1. The van der Waals surface area contributed by atoms with Crippen LogP contribution in [0.5, 0.6) is 0 Å². The van der Waals surface area contributed by atoms with Crippen LogP contribution in [0.3, 0.4) is 0 Å². The second-order valence-corrected chi connectivity index (χ2v) is 6.24. The molecule has 1 aromatic heterocycles. The zero-order chi connectivity index (χ0) is 15.0. The third-order valence-corrected chi connectivity index (χ3v) is 3.93. The van der Waals surface area contributed by atoms with Crippen LogP contribution in [0.4, 0.5) is 0 Å². The maximum absolute atomic E-state index is 10.1. The Morgan fingerprint density at radius 1 is 1.65 bits per heavy atom. The molecule has 0 aliphatic heterocycles. The maximum Gasteiger partial charge on any atom is 0.251 e. The minimum Gasteiger partial charge on any atom is -0.351 e. The Labute approximate surface area is 125 Å². The molecule has 1 heterocycles. The molecule has 0 saturated heterocycles. The number of nitro groups is 1. The fraction of sp³-hybridized carbons (Fsp3) is 0.600. The molecule has 1 aromatic rings. The summed E-state index contributed by atoms with van der Waals surface area (Å²) in [6.07, 6.45) is 0. The lowest BCUT2D eigenvalue weighted by atomic mass is 10.5. The minimum absolute atomic E-state index is 0.294. The van der Waals surface area contributed by atoms with E-state index >= 15 is 0 Å². The van der Waals surface area contributed by atoms with E-state index in [-0.39, 0.29) is 5.96 Å². The first-order chi connectivity index (χ1) is 9.47. The van der Waals surface area contributed by atoms with Gasteiger partial charge < -0.3 is 10.2 Å². The normalized spacial score (nSPS) is 10.6. The molecule has 0 saturated carbocycles. The Morgan fingerprint density at radius 3 is 3.05 bits per heavy atom. The summed E-state index contributed by atoms with van der Waals surface area (Å²) in [5, 5.41) is 22.3. The number of rotatable bonds is 8. The van der Waals surface area contributed by atoms with Gasteiger partial charge in [0.25, 0.3) is 5.96 Å². The highest BCUT2D eigenvalue weighted by molar-refractivity contribution is 7.98. The second kappa shape index (κ2) is 8.72. The van der Waals surface area contributed by atoms with E-state index in [0.29, 0.717) is 6.54 Å². The molecule has 0 atom stereocenters. The van der Waals surface area contributed by atoms with Crippen molar-refractivity contribution in [3.05, 3.63) is 26.2 Å². The molecule has 0 unspecified atom stereocenters. The summed E-state index contributed by atoms with van der Waals surface area (Å²) in [5.41, 5.74) is 2.79. The molecule has 0 spiro atoms. The summed E-state index contributed by atoms with van der Waals surface area (Å²) < 4.78 is 0. The lowest BCUT2D eigenvalue weighted by Crippen LogP contribution is -2.40. The Kier molecular flexibility index (Phi) is 7.26. The third kappa shape index (κ3) is 7.26.